The molecule has 1 aromatic heterocycles. The van der Waals surface area contributed by atoms with Crippen LogP contribution in [0.25, 0.3) is 0 Å². The minimum atomic E-state index is -0.375. The zero-order chi connectivity index (χ0) is 15.1. The molecule has 2 rings (SSSR count). The minimum Gasteiger partial charge on any atom is -0.354 e. The van der Waals surface area contributed by atoms with Gasteiger partial charge in [-0.25, -0.2) is 9.97 Å². The van der Waals surface area contributed by atoms with E-state index in [0.717, 1.165) is 13.0 Å². The van der Waals surface area contributed by atoms with Crippen LogP contribution in [0.5, 0.6) is 0 Å². The van der Waals surface area contributed by atoms with Gasteiger partial charge in [-0.05, 0) is 24.6 Å². The van der Waals surface area contributed by atoms with Gasteiger partial charge in [-0.1, -0.05) is 19.1 Å². The molecule has 0 saturated heterocycles. The first-order valence-electron chi connectivity index (χ1n) is 6.62. The van der Waals surface area contributed by atoms with E-state index in [4.69, 9.17) is 5.26 Å². The van der Waals surface area contributed by atoms with Crippen molar-refractivity contribution in [3.63, 3.8) is 0 Å². The maximum absolute atomic E-state index is 12.2. The molecule has 1 heterocycles. The van der Waals surface area contributed by atoms with Crippen LogP contribution in [0.1, 0.15) is 29.4 Å². The van der Waals surface area contributed by atoms with Gasteiger partial charge in [0.1, 0.15) is 11.8 Å². The molecule has 0 radical (unpaired) electrons. The van der Waals surface area contributed by atoms with E-state index in [0.29, 0.717) is 17.2 Å². The lowest BCUT2D eigenvalue weighted by atomic mass is 10.2. The molecular formula is C15H15N5O. The van der Waals surface area contributed by atoms with Gasteiger partial charge in [-0.2, -0.15) is 5.26 Å². The van der Waals surface area contributed by atoms with Crippen molar-refractivity contribution < 1.29 is 4.79 Å². The van der Waals surface area contributed by atoms with Crippen molar-refractivity contribution in [1.82, 2.24) is 9.97 Å². The Balaban J connectivity index is 2.15. The first-order chi connectivity index (χ1) is 10.2. The van der Waals surface area contributed by atoms with Crippen molar-refractivity contribution in [2.24, 2.45) is 0 Å². The summed E-state index contributed by atoms with van der Waals surface area (Å²) in [6, 6.07) is 10.4. The van der Waals surface area contributed by atoms with Crippen LogP contribution in [0.4, 0.5) is 11.6 Å². The van der Waals surface area contributed by atoms with Crippen LogP contribution >= 0.6 is 0 Å². The molecular weight excluding hydrogens is 266 g/mol. The topological polar surface area (TPSA) is 90.7 Å². The van der Waals surface area contributed by atoms with Gasteiger partial charge in [0.2, 0.25) is 5.95 Å². The summed E-state index contributed by atoms with van der Waals surface area (Å²) in [5.74, 6) is 0.0396. The molecule has 6 heteroatoms. The number of carbonyl (C=O) groups excluding carboxylic acids is 1. The summed E-state index contributed by atoms with van der Waals surface area (Å²) in [7, 11) is 0. The third kappa shape index (κ3) is 3.76. The zero-order valence-electron chi connectivity index (χ0n) is 11.6. The van der Waals surface area contributed by atoms with Gasteiger partial charge in [0.15, 0.2) is 0 Å². The molecule has 0 fully saturated rings. The number of benzene rings is 1. The molecule has 6 nitrogen and oxygen atoms in total. The Kier molecular flexibility index (Phi) is 4.83. The number of nitriles is 1. The number of para-hydroxylation sites is 1. The zero-order valence-corrected chi connectivity index (χ0v) is 11.6. The predicted octanol–water partition coefficient (Wildman–Crippen LogP) is 2.42. The van der Waals surface area contributed by atoms with Crippen LogP contribution in [0.15, 0.2) is 36.5 Å². The summed E-state index contributed by atoms with van der Waals surface area (Å²) in [6.45, 7) is 2.77. The van der Waals surface area contributed by atoms with Crippen molar-refractivity contribution in [1.29, 1.82) is 5.26 Å². The highest BCUT2D eigenvalue weighted by Gasteiger charge is 2.11. The number of nitrogens with one attached hydrogen (secondary N) is 2. The number of nitrogens with zero attached hydrogens (tertiary/aromatic N) is 3. The fourth-order valence-corrected chi connectivity index (χ4v) is 1.68. The van der Waals surface area contributed by atoms with Gasteiger partial charge in [0, 0.05) is 12.7 Å². The molecule has 0 atom stereocenters. The SMILES string of the molecule is CCCNc1nccc(C(=O)Nc2ccccc2C#N)n1. The van der Waals surface area contributed by atoms with Crippen molar-refractivity contribution in [3.8, 4) is 6.07 Å². The number of hydrogen-bond donors (Lipinski definition) is 2. The minimum absolute atomic E-state index is 0.247. The second kappa shape index (κ2) is 7.01. The van der Waals surface area contributed by atoms with Crippen molar-refractivity contribution in [2.45, 2.75) is 13.3 Å². The van der Waals surface area contributed by atoms with E-state index in [1.165, 1.54) is 12.3 Å². The van der Waals surface area contributed by atoms with E-state index in [9.17, 15) is 4.79 Å². The number of aromatic nitrogens is 2. The number of rotatable bonds is 5. The highest BCUT2D eigenvalue weighted by atomic mass is 16.1. The molecule has 2 N–H and O–H groups in total. The predicted molar refractivity (Wildman–Crippen MR) is 79.9 cm³/mol. The molecule has 0 aliphatic carbocycles. The van der Waals surface area contributed by atoms with Crippen LogP contribution in [0.3, 0.4) is 0 Å². The summed E-state index contributed by atoms with van der Waals surface area (Å²) < 4.78 is 0. The van der Waals surface area contributed by atoms with Crippen LogP contribution in [0.2, 0.25) is 0 Å². The lowest BCUT2D eigenvalue weighted by Crippen LogP contribution is -2.16. The highest BCUT2D eigenvalue weighted by Crippen LogP contribution is 2.14. The number of amides is 1. The van der Waals surface area contributed by atoms with Crippen molar-refractivity contribution in [2.75, 3.05) is 17.2 Å². The van der Waals surface area contributed by atoms with E-state index < -0.39 is 0 Å². The van der Waals surface area contributed by atoms with Gasteiger partial charge in [0.25, 0.3) is 5.91 Å². The third-order valence-electron chi connectivity index (χ3n) is 2.72. The van der Waals surface area contributed by atoms with Gasteiger partial charge in [-0.3, -0.25) is 4.79 Å². The first-order valence-corrected chi connectivity index (χ1v) is 6.62. The van der Waals surface area contributed by atoms with E-state index in [1.807, 2.05) is 13.0 Å². The smallest absolute Gasteiger partial charge is 0.274 e. The average Bonchev–Trinajstić information content (AvgIpc) is 2.53. The standard InChI is InChI=1S/C15H15N5O/c1-2-8-17-15-18-9-7-13(20-15)14(21)19-12-6-4-3-5-11(12)10-16/h3-7,9H,2,8H2,1H3,(H,19,21)(H,17,18,20). The lowest BCUT2D eigenvalue weighted by Gasteiger charge is -2.07. The highest BCUT2D eigenvalue weighted by molar-refractivity contribution is 6.03. The van der Waals surface area contributed by atoms with E-state index >= 15 is 0 Å². The monoisotopic (exact) mass is 281 g/mol. The Morgan fingerprint density at radius 3 is 2.90 bits per heavy atom. The van der Waals surface area contributed by atoms with Gasteiger partial charge < -0.3 is 10.6 Å². The van der Waals surface area contributed by atoms with Crippen LogP contribution in [0, 0.1) is 11.3 Å². The molecule has 106 valence electrons. The normalized spacial score (nSPS) is 9.71. The van der Waals surface area contributed by atoms with E-state index in [2.05, 4.69) is 20.6 Å². The van der Waals surface area contributed by atoms with E-state index in [1.54, 1.807) is 24.3 Å². The Labute approximate surface area is 122 Å². The van der Waals surface area contributed by atoms with Crippen molar-refractivity contribution in [3.05, 3.63) is 47.8 Å². The molecule has 0 aliphatic rings. The van der Waals surface area contributed by atoms with Crippen LogP contribution in [-0.2, 0) is 0 Å². The molecule has 0 spiro atoms. The molecule has 1 aromatic carbocycles. The molecule has 0 unspecified atom stereocenters. The summed E-state index contributed by atoms with van der Waals surface area (Å²) in [4.78, 5) is 20.4. The summed E-state index contributed by atoms with van der Waals surface area (Å²) >= 11 is 0. The van der Waals surface area contributed by atoms with Crippen LogP contribution < -0.4 is 10.6 Å². The lowest BCUT2D eigenvalue weighted by molar-refractivity contribution is 0.102. The summed E-state index contributed by atoms with van der Waals surface area (Å²) in [5, 5.41) is 14.7. The van der Waals surface area contributed by atoms with Gasteiger partial charge >= 0.3 is 0 Å². The second-order valence-electron chi connectivity index (χ2n) is 4.30. The van der Waals surface area contributed by atoms with E-state index in [-0.39, 0.29) is 11.6 Å². The largest absolute Gasteiger partial charge is 0.354 e. The Morgan fingerprint density at radius 1 is 1.33 bits per heavy atom. The molecule has 0 saturated carbocycles. The van der Waals surface area contributed by atoms with Gasteiger partial charge in [-0.15, -0.1) is 0 Å². The fourth-order valence-electron chi connectivity index (χ4n) is 1.68. The average molecular weight is 281 g/mol. The summed E-state index contributed by atoms with van der Waals surface area (Å²) in [5.41, 5.74) is 1.12. The van der Waals surface area contributed by atoms with Gasteiger partial charge in [0.05, 0.1) is 11.3 Å². The van der Waals surface area contributed by atoms with Crippen LogP contribution in [-0.4, -0.2) is 22.4 Å². The Hall–Kier alpha value is -2.94. The Morgan fingerprint density at radius 2 is 2.14 bits per heavy atom. The number of hydrogen-bond acceptors (Lipinski definition) is 5. The second-order valence-corrected chi connectivity index (χ2v) is 4.30. The first kappa shape index (κ1) is 14.5. The molecule has 1 amide bonds. The number of anilines is 2. The molecule has 0 aliphatic heterocycles. The quantitative estimate of drug-likeness (QED) is 0.878. The van der Waals surface area contributed by atoms with Crippen molar-refractivity contribution >= 4 is 17.5 Å². The molecule has 0 bridgehead atoms. The maximum Gasteiger partial charge on any atom is 0.274 e. The number of carbonyl (C=O) groups is 1. The molecule has 21 heavy (non-hydrogen) atoms. The third-order valence-corrected chi connectivity index (χ3v) is 2.72. The Bertz CT molecular complexity index is 678. The fraction of sp³-hybridized carbons (Fsp3) is 0.200. The molecule has 2 aromatic rings. The maximum atomic E-state index is 12.2. The summed E-state index contributed by atoms with van der Waals surface area (Å²) in [6.07, 6.45) is 2.46.